The lowest BCUT2D eigenvalue weighted by Crippen LogP contribution is -2.31. The third-order valence-electron chi connectivity index (χ3n) is 2.44. The summed E-state index contributed by atoms with van der Waals surface area (Å²) >= 11 is 0. The number of benzene rings is 1. The number of carboxylic acid groups (broad SMARTS) is 1. The molecule has 0 fully saturated rings. The molecular formula is C11H12F2O5S. The summed E-state index contributed by atoms with van der Waals surface area (Å²) in [5.74, 6) is -1.23. The molecule has 1 aromatic carbocycles. The third kappa shape index (κ3) is 3.63. The molecule has 106 valence electrons. The molecule has 0 heterocycles. The van der Waals surface area contributed by atoms with Crippen molar-refractivity contribution < 1.29 is 31.8 Å². The summed E-state index contributed by atoms with van der Waals surface area (Å²) in [6, 6.07) is 4.81. The van der Waals surface area contributed by atoms with Crippen molar-refractivity contribution in [2.24, 2.45) is 0 Å². The monoisotopic (exact) mass is 294 g/mol. The summed E-state index contributed by atoms with van der Waals surface area (Å²) in [6.45, 7) is 0. The van der Waals surface area contributed by atoms with E-state index < -0.39 is 33.9 Å². The van der Waals surface area contributed by atoms with Crippen LogP contribution in [0.3, 0.4) is 0 Å². The van der Waals surface area contributed by atoms with Gasteiger partial charge in [0.15, 0.2) is 9.84 Å². The van der Waals surface area contributed by atoms with Gasteiger partial charge in [0.05, 0.1) is 18.4 Å². The van der Waals surface area contributed by atoms with Crippen LogP contribution in [0.4, 0.5) is 8.78 Å². The molecule has 1 rings (SSSR count). The number of carbonyl (C=O) groups is 1. The summed E-state index contributed by atoms with van der Waals surface area (Å²) < 4.78 is 54.1. The van der Waals surface area contributed by atoms with Crippen LogP contribution in [0.15, 0.2) is 29.2 Å². The Morgan fingerprint density at radius 3 is 2.21 bits per heavy atom. The van der Waals surface area contributed by atoms with Crippen molar-refractivity contribution in [2.75, 3.05) is 7.11 Å². The zero-order valence-corrected chi connectivity index (χ0v) is 10.7. The van der Waals surface area contributed by atoms with Crippen molar-refractivity contribution in [3.63, 3.8) is 0 Å². The predicted molar refractivity (Wildman–Crippen MR) is 62.2 cm³/mol. The van der Waals surface area contributed by atoms with Crippen LogP contribution in [0.25, 0.3) is 0 Å². The first kappa shape index (κ1) is 15.4. The van der Waals surface area contributed by atoms with Crippen molar-refractivity contribution >= 4 is 15.8 Å². The number of ether oxygens (including phenoxy) is 1. The summed E-state index contributed by atoms with van der Waals surface area (Å²) in [6.07, 6.45) is -4.42. The molecule has 0 aliphatic carbocycles. The second-order valence-electron chi connectivity index (χ2n) is 3.69. The van der Waals surface area contributed by atoms with Gasteiger partial charge in [-0.2, -0.15) is 0 Å². The van der Waals surface area contributed by atoms with E-state index >= 15 is 0 Å². The number of halogens is 2. The second-order valence-corrected chi connectivity index (χ2v) is 5.86. The number of alkyl halides is 2. The van der Waals surface area contributed by atoms with E-state index in [1.54, 1.807) is 0 Å². The molecule has 0 unspecified atom stereocenters. The van der Waals surface area contributed by atoms with Crippen LogP contribution < -0.4 is 4.74 Å². The van der Waals surface area contributed by atoms with Gasteiger partial charge in [-0.3, -0.25) is 4.79 Å². The average Bonchev–Trinajstić information content (AvgIpc) is 2.35. The summed E-state index contributed by atoms with van der Waals surface area (Å²) in [5, 5.41) is 6.24. The maximum Gasteiger partial charge on any atom is 0.304 e. The molecule has 0 bridgehead atoms. The van der Waals surface area contributed by atoms with E-state index in [4.69, 9.17) is 9.84 Å². The number of aliphatic carboxylic acids is 1. The molecule has 0 saturated heterocycles. The van der Waals surface area contributed by atoms with Gasteiger partial charge in [0.2, 0.25) is 0 Å². The standard InChI is InChI=1S/C11H12F2O5S/c1-18-7-2-4-8(5-3-7)19(16,17)9(11(12)13)6-10(14)15/h2-5,9,11H,6H2,1H3,(H,14,15)/t9-/m1/s1. The maximum atomic E-state index is 12.7. The predicted octanol–water partition coefficient (Wildman–Crippen LogP) is 1.58. The first-order valence-electron chi connectivity index (χ1n) is 5.17. The Bertz CT molecular complexity index is 539. The Balaban J connectivity index is 3.14. The van der Waals surface area contributed by atoms with Crippen molar-refractivity contribution in [3.05, 3.63) is 24.3 Å². The van der Waals surface area contributed by atoms with Crippen LogP contribution >= 0.6 is 0 Å². The third-order valence-corrected chi connectivity index (χ3v) is 4.54. The maximum absolute atomic E-state index is 12.7. The van der Waals surface area contributed by atoms with Crippen molar-refractivity contribution in [3.8, 4) is 5.75 Å². The minimum absolute atomic E-state index is 0.361. The van der Waals surface area contributed by atoms with Gasteiger partial charge in [-0.05, 0) is 24.3 Å². The van der Waals surface area contributed by atoms with Gasteiger partial charge in [0.25, 0.3) is 6.43 Å². The topological polar surface area (TPSA) is 80.7 Å². The lowest BCUT2D eigenvalue weighted by Gasteiger charge is -2.15. The Kier molecular flexibility index (Phi) is 4.82. The van der Waals surface area contributed by atoms with Gasteiger partial charge in [0, 0.05) is 0 Å². The highest BCUT2D eigenvalue weighted by Gasteiger charge is 2.37. The van der Waals surface area contributed by atoms with E-state index in [1.165, 1.54) is 19.2 Å². The van der Waals surface area contributed by atoms with Crippen LogP contribution in [0.1, 0.15) is 6.42 Å². The number of rotatable bonds is 6. The highest BCUT2D eigenvalue weighted by molar-refractivity contribution is 7.92. The van der Waals surface area contributed by atoms with E-state index in [0.717, 1.165) is 12.1 Å². The highest BCUT2D eigenvalue weighted by Crippen LogP contribution is 2.25. The number of hydrogen-bond acceptors (Lipinski definition) is 4. The molecule has 0 aliphatic rings. The van der Waals surface area contributed by atoms with Gasteiger partial charge in [0.1, 0.15) is 11.0 Å². The first-order valence-corrected chi connectivity index (χ1v) is 6.71. The zero-order valence-electron chi connectivity index (χ0n) is 9.92. The molecule has 1 N–H and O–H groups in total. The fourth-order valence-electron chi connectivity index (χ4n) is 1.45. The number of hydrogen-bond donors (Lipinski definition) is 1. The van der Waals surface area contributed by atoms with Crippen LogP contribution in [0.5, 0.6) is 5.75 Å². The van der Waals surface area contributed by atoms with Crippen molar-refractivity contribution in [2.45, 2.75) is 23.0 Å². The molecule has 0 spiro atoms. The molecule has 1 aromatic rings. The Morgan fingerprint density at radius 2 is 1.84 bits per heavy atom. The average molecular weight is 294 g/mol. The molecule has 0 amide bonds. The number of methoxy groups -OCH3 is 1. The van der Waals surface area contributed by atoms with Gasteiger partial charge >= 0.3 is 5.97 Å². The normalized spacial score (nSPS) is 13.3. The van der Waals surface area contributed by atoms with E-state index in [9.17, 15) is 22.0 Å². The quantitative estimate of drug-likeness (QED) is 0.861. The molecule has 0 saturated carbocycles. The van der Waals surface area contributed by atoms with E-state index in [-0.39, 0.29) is 4.90 Å². The summed E-state index contributed by atoms with van der Waals surface area (Å²) in [5.41, 5.74) is 0. The van der Waals surface area contributed by atoms with Crippen LogP contribution in [0, 0.1) is 0 Å². The van der Waals surface area contributed by atoms with Gasteiger partial charge in [-0.1, -0.05) is 0 Å². The fourth-order valence-corrected chi connectivity index (χ4v) is 2.94. The molecule has 0 aromatic heterocycles. The second kappa shape index (κ2) is 5.96. The van der Waals surface area contributed by atoms with Crippen LogP contribution in [-0.4, -0.2) is 38.3 Å². The van der Waals surface area contributed by atoms with E-state index in [0.29, 0.717) is 5.75 Å². The molecule has 5 nitrogen and oxygen atoms in total. The van der Waals surface area contributed by atoms with Crippen molar-refractivity contribution in [1.82, 2.24) is 0 Å². The van der Waals surface area contributed by atoms with Gasteiger partial charge < -0.3 is 9.84 Å². The molecular weight excluding hydrogens is 282 g/mol. The van der Waals surface area contributed by atoms with Crippen LogP contribution in [0.2, 0.25) is 0 Å². The molecule has 19 heavy (non-hydrogen) atoms. The van der Waals surface area contributed by atoms with Crippen molar-refractivity contribution in [1.29, 1.82) is 0 Å². The highest BCUT2D eigenvalue weighted by atomic mass is 32.2. The van der Waals surface area contributed by atoms with E-state index in [2.05, 4.69) is 0 Å². The Morgan fingerprint density at radius 1 is 1.32 bits per heavy atom. The lowest BCUT2D eigenvalue weighted by molar-refractivity contribution is -0.137. The minimum atomic E-state index is -4.41. The molecule has 8 heteroatoms. The summed E-state index contributed by atoms with van der Waals surface area (Å²) in [7, 11) is -3.04. The number of carboxylic acids is 1. The first-order chi connectivity index (χ1) is 8.78. The molecule has 1 atom stereocenters. The van der Waals surface area contributed by atoms with E-state index in [1.807, 2.05) is 0 Å². The molecule has 0 radical (unpaired) electrons. The molecule has 0 aliphatic heterocycles. The smallest absolute Gasteiger partial charge is 0.304 e. The SMILES string of the molecule is COc1ccc(S(=O)(=O)[C@H](CC(=O)O)C(F)F)cc1. The zero-order chi connectivity index (χ0) is 14.6. The Hall–Kier alpha value is -1.70. The Labute approximate surface area is 108 Å². The van der Waals surface area contributed by atoms with Crippen LogP contribution in [-0.2, 0) is 14.6 Å². The van der Waals surface area contributed by atoms with Gasteiger partial charge in [-0.25, -0.2) is 17.2 Å². The minimum Gasteiger partial charge on any atom is -0.497 e. The lowest BCUT2D eigenvalue weighted by atomic mass is 10.3. The summed E-state index contributed by atoms with van der Waals surface area (Å²) in [4.78, 5) is 10.1. The number of sulfone groups is 1. The fraction of sp³-hybridized carbons (Fsp3) is 0.364. The largest absolute Gasteiger partial charge is 0.497 e. The van der Waals surface area contributed by atoms with Gasteiger partial charge in [-0.15, -0.1) is 0 Å².